The highest BCUT2D eigenvalue weighted by atomic mass is 14.6. The second-order valence-electron chi connectivity index (χ2n) is 14.2. The van der Waals surface area contributed by atoms with Crippen LogP contribution in [0.15, 0.2) is 24.3 Å². The fourth-order valence-electron chi connectivity index (χ4n) is 9.58. The molecule has 0 atom stereocenters. The van der Waals surface area contributed by atoms with E-state index in [0.29, 0.717) is 5.41 Å². The van der Waals surface area contributed by atoms with E-state index in [2.05, 4.69) is 38.1 Å². The monoisotopic (exact) mass is 490 g/mol. The van der Waals surface area contributed by atoms with Crippen molar-refractivity contribution in [1.29, 1.82) is 0 Å². The fourth-order valence-corrected chi connectivity index (χ4v) is 9.58. The Morgan fingerprint density at radius 3 is 1.58 bits per heavy atom. The van der Waals surface area contributed by atoms with E-state index in [4.69, 9.17) is 0 Å². The van der Waals surface area contributed by atoms with Crippen LogP contribution in [-0.2, 0) is 5.41 Å². The largest absolute Gasteiger partial charge is 0.0654 e. The normalized spacial score (nSPS) is 36.7. The van der Waals surface area contributed by atoms with Gasteiger partial charge in [-0.3, -0.25) is 0 Å². The Kier molecular flexibility index (Phi) is 9.22. The first-order valence-electron chi connectivity index (χ1n) is 16.8. The van der Waals surface area contributed by atoms with Crippen LogP contribution in [-0.4, -0.2) is 0 Å². The van der Waals surface area contributed by atoms with Crippen LogP contribution >= 0.6 is 0 Å². The minimum absolute atomic E-state index is 0.522. The summed E-state index contributed by atoms with van der Waals surface area (Å²) in [7, 11) is 0. The second-order valence-corrected chi connectivity index (χ2v) is 14.2. The maximum absolute atomic E-state index is 2.59. The van der Waals surface area contributed by atoms with Crippen LogP contribution in [0.2, 0.25) is 0 Å². The molecule has 0 unspecified atom stereocenters. The molecule has 1 aromatic carbocycles. The first-order valence-corrected chi connectivity index (χ1v) is 16.8. The molecule has 0 heteroatoms. The molecular weight excluding hydrogens is 432 g/mol. The highest BCUT2D eigenvalue weighted by molar-refractivity contribution is 5.33. The van der Waals surface area contributed by atoms with Crippen molar-refractivity contribution >= 4 is 0 Å². The number of rotatable bonds is 11. The summed E-state index contributed by atoms with van der Waals surface area (Å²) in [5, 5.41) is 0. The van der Waals surface area contributed by atoms with E-state index in [0.717, 1.165) is 29.1 Å². The summed E-state index contributed by atoms with van der Waals surface area (Å²) >= 11 is 0. The lowest BCUT2D eigenvalue weighted by molar-refractivity contribution is -0.0294. The number of fused-ring (bicyclic) bond motifs is 3. The summed E-state index contributed by atoms with van der Waals surface area (Å²) < 4.78 is 0. The minimum Gasteiger partial charge on any atom is -0.0654 e. The van der Waals surface area contributed by atoms with Gasteiger partial charge in [-0.2, -0.15) is 0 Å². The molecule has 2 bridgehead atoms. The third-order valence-corrected chi connectivity index (χ3v) is 12.3. The lowest BCUT2D eigenvalue weighted by Gasteiger charge is -2.58. The van der Waals surface area contributed by atoms with E-state index in [9.17, 15) is 0 Å². The van der Waals surface area contributed by atoms with Crippen LogP contribution in [0.5, 0.6) is 0 Å². The van der Waals surface area contributed by atoms with Crippen molar-refractivity contribution in [3.63, 3.8) is 0 Å². The quantitative estimate of drug-likeness (QED) is 0.270. The van der Waals surface area contributed by atoms with Gasteiger partial charge in [0.2, 0.25) is 0 Å². The maximum Gasteiger partial charge on any atom is -0.00463 e. The van der Waals surface area contributed by atoms with Gasteiger partial charge < -0.3 is 0 Å². The van der Waals surface area contributed by atoms with Crippen LogP contribution < -0.4 is 0 Å². The molecule has 0 nitrogen and oxygen atoms in total. The molecule has 0 N–H and O–H groups in total. The SMILES string of the molecule is CCCCC[C@H]1CC[C@H](c2ccc(C34CCC([C@H]5CC[C@H](CCCCC)CC5)(CC3)CC4)cc2)CC1. The average Bonchev–Trinajstić information content (AvgIpc) is 2.95. The molecule has 5 aliphatic rings. The Hall–Kier alpha value is -0.780. The lowest BCUT2D eigenvalue weighted by atomic mass is 9.47. The van der Waals surface area contributed by atoms with Crippen molar-refractivity contribution < 1.29 is 0 Å². The van der Waals surface area contributed by atoms with Gasteiger partial charge in [-0.15, -0.1) is 0 Å². The van der Waals surface area contributed by atoms with Gasteiger partial charge >= 0.3 is 0 Å². The Morgan fingerprint density at radius 2 is 1.08 bits per heavy atom. The van der Waals surface area contributed by atoms with E-state index < -0.39 is 0 Å². The van der Waals surface area contributed by atoms with Gasteiger partial charge in [-0.05, 0) is 123 Å². The fraction of sp³-hybridized carbons (Fsp3) is 0.833. The number of hydrogen-bond donors (Lipinski definition) is 0. The van der Waals surface area contributed by atoms with Crippen molar-refractivity contribution in [3.05, 3.63) is 35.4 Å². The Labute approximate surface area is 224 Å². The molecule has 5 saturated carbocycles. The van der Waals surface area contributed by atoms with Crippen LogP contribution in [0.1, 0.15) is 172 Å². The second kappa shape index (κ2) is 12.4. The summed E-state index contributed by atoms with van der Waals surface area (Å²) in [5.74, 6) is 3.97. The van der Waals surface area contributed by atoms with Crippen molar-refractivity contribution in [3.8, 4) is 0 Å². The minimum atomic E-state index is 0.522. The topological polar surface area (TPSA) is 0 Å². The molecule has 36 heavy (non-hydrogen) atoms. The van der Waals surface area contributed by atoms with E-state index in [1.54, 1.807) is 36.8 Å². The molecule has 0 aliphatic heterocycles. The molecule has 0 aromatic heterocycles. The Morgan fingerprint density at radius 1 is 0.583 bits per heavy atom. The molecule has 0 heterocycles. The standard InChI is InChI=1S/C36H58/c1-3-5-7-9-29-11-15-31(16-12-29)32-17-21-34(22-18-32)36-26-23-35(24-27-36,25-28-36)33-19-13-30(14-20-33)10-8-6-4-2/h17-18,21-22,29-31,33H,3-16,19-20,23-28H2,1-2H3/t29-,30-,31-,33-,35?,36?. The average molecular weight is 491 g/mol. The van der Waals surface area contributed by atoms with Gasteiger partial charge in [0.1, 0.15) is 0 Å². The molecular formula is C36H58. The summed E-state index contributed by atoms with van der Waals surface area (Å²) in [6, 6.07) is 10.3. The molecule has 0 amide bonds. The summed E-state index contributed by atoms with van der Waals surface area (Å²) in [6.45, 7) is 4.68. The molecule has 1 aromatic rings. The third kappa shape index (κ3) is 5.94. The molecule has 0 saturated heterocycles. The first-order chi connectivity index (χ1) is 17.7. The van der Waals surface area contributed by atoms with Gasteiger partial charge in [0.05, 0.1) is 0 Å². The Bertz CT molecular complexity index is 746. The summed E-state index contributed by atoms with van der Waals surface area (Å²) in [6.07, 6.45) is 32.6. The lowest BCUT2D eigenvalue weighted by Crippen LogP contribution is -2.48. The molecule has 0 radical (unpaired) electrons. The third-order valence-electron chi connectivity index (χ3n) is 12.3. The highest BCUT2D eigenvalue weighted by Crippen LogP contribution is 2.62. The van der Waals surface area contributed by atoms with Crippen LogP contribution in [0.25, 0.3) is 0 Å². The van der Waals surface area contributed by atoms with Gasteiger partial charge in [-0.25, -0.2) is 0 Å². The maximum atomic E-state index is 2.59. The predicted molar refractivity (Wildman–Crippen MR) is 157 cm³/mol. The van der Waals surface area contributed by atoms with Crippen LogP contribution in [0.4, 0.5) is 0 Å². The van der Waals surface area contributed by atoms with Gasteiger partial charge in [-0.1, -0.05) is 102 Å². The van der Waals surface area contributed by atoms with Gasteiger partial charge in [0, 0.05) is 0 Å². The van der Waals surface area contributed by atoms with Gasteiger partial charge in [0.15, 0.2) is 0 Å². The molecule has 6 rings (SSSR count). The van der Waals surface area contributed by atoms with Crippen molar-refractivity contribution in [1.82, 2.24) is 0 Å². The molecule has 0 spiro atoms. The van der Waals surface area contributed by atoms with E-state index >= 15 is 0 Å². The van der Waals surface area contributed by atoms with E-state index in [-0.39, 0.29) is 0 Å². The zero-order valence-corrected chi connectivity index (χ0v) is 24.2. The van der Waals surface area contributed by atoms with Crippen molar-refractivity contribution in [2.75, 3.05) is 0 Å². The van der Waals surface area contributed by atoms with Crippen LogP contribution in [0, 0.1) is 23.2 Å². The number of benzene rings is 1. The van der Waals surface area contributed by atoms with Crippen LogP contribution in [0.3, 0.4) is 0 Å². The summed E-state index contributed by atoms with van der Waals surface area (Å²) in [4.78, 5) is 0. The van der Waals surface area contributed by atoms with Crippen molar-refractivity contribution in [2.24, 2.45) is 23.2 Å². The zero-order valence-electron chi connectivity index (χ0n) is 24.2. The van der Waals surface area contributed by atoms with Gasteiger partial charge in [0.25, 0.3) is 0 Å². The molecule has 5 fully saturated rings. The number of unbranched alkanes of at least 4 members (excludes halogenated alkanes) is 4. The highest BCUT2D eigenvalue weighted by Gasteiger charge is 2.52. The Balaban J connectivity index is 1.11. The summed E-state index contributed by atoms with van der Waals surface area (Å²) in [5.41, 5.74) is 4.60. The van der Waals surface area contributed by atoms with Crippen molar-refractivity contribution in [2.45, 2.75) is 166 Å². The molecule has 5 aliphatic carbocycles. The predicted octanol–water partition coefficient (Wildman–Crippen LogP) is 11.5. The smallest absolute Gasteiger partial charge is 0.00463 e. The zero-order chi connectivity index (χ0) is 24.8. The first kappa shape index (κ1) is 26.8. The van der Waals surface area contributed by atoms with E-state index in [1.807, 2.05) is 0 Å². The molecule has 202 valence electrons. The number of hydrogen-bond acceptors (Lipinski definition) is 0. The van der Waals surface area contributed by atoms with E-state index in [1.165, 1.54) is 116 Å².